The van der Waals surface area contributed by atoms with Crippen molar-refractivity contribution in [3.05, 3.63) is 15.8 Å². The normalized spacial score (nSPS) is 12.8. The third kappa shape index (κ3) is 1.71. The molecule has 0 aliphatic carbocycles. The van der Waals surface area contributed by atoms with Gasteiger partial charge in [-0.15, -0.1) is 11.3 Å². The van der Waals surface area contributed by atoms with Gasteiger partial charge in [-0.25, -0.2) is 9.00 Å². The smallest absolute Gasteiger partial charge is 0.345 e. The molecule has 0 amide bonds. The van der Waals surface area contributed by atoms with E-state index in [0.29, 0.717) is 4.88 Å². The Balaban J connectivity index is 3.17. The summed E-state index contributed by atoms with van der Waals surface area (Å²) in [5.74, 6) is -1.07. The van der Waals surface area contributed by atoms with E-state index in [9.17, 15) is 9.00 Å². The van der Waals surface area contributed by atoms with Gasteiger partial charge in [0.15, 0.2) is 11.1 Å². The van der Waals surface area contributed by atoms with Gasteiger partial charge in [0.05, 0.1) is 4.90 Å². The number of carboxylic acid groups (broad SMARTS) is 1. The number of aromatic carboxylic acids is 1. The first-order valence-electron chi connectivity index (χ1n) is 2.97. The lowest BCUT2D eigenvalue weighted by atomic mass is 10.4. The highest BCUT2D eigenvalue weighted by molar-refractivity contribution is 7.79. The van der Waals surface area contributed by atoms with Gasteiger partial charge in [0.25, 0.3) is 0 Å². The molecule has 0 bridgehead atoms. The van der Waals surface area contributed by atoms with E-state index < -0.39 is 17.0 Å². The third-order valence-electron chi connectivity index (χ3n) is 1.27. The summed E-state index contributed by atoms with van der Waals surface area (Å²) in [5, 5.41) is 8.53. The Kier molecular flexibility index (Phi) is 2.61. The molecule has 0 spiro atoms. The van der Waals surface area contributed by atoms with Crippen LogP contribution in [-0.2, 0) is 11.1 Å². The molecule has 1 unspecified atom stereocenters. The van der Waals surface area contributed by atoms with Crippen LogP contribution in [0.15, 0.2) is 11.0 Å². The first kappa shape index (κ1) is 9.37. The van der Waals surface area contributed by atoms with E-state index in [-0.39, 0.29) is 9.77 Å². The molecule has 1 rings (SSSR count). The Bertz CT molecular complexity index is 341. The predicted octanol–water partition coefficient (Wildman–Crippen LogP) is 1.34. The Morgan fingerprint density at radius 2 is 2.25 bits per heavy atom. The minimum absolute atomic E-state index is 0.0879. The van der Waals surface area contributed by atoms with Crippen molar-refractivity contribution >= 4 is 28.4 Å². The van der Waals surface area contributed by atoms with Crippen molar-refractivity contribution < 1.29 is 18.7 Å². The molecule has 0 aliphatic heterocycles. The molecule has 4 nitrogen and oxygen atoms in total. The van der Waals surface area contributed by atoms with E-state index in [1.807, 2.05) is 0 Å². The summed E-state index contributed by atoms with van der Waals surface area (Å²) in [4.78, 5) is 11.2. The number of hydrogen-bond acceptors (Lipinski definition) is 3. The summed E-state index contributed by atoms with van der Waals surface area (Å²) in [7, 11) is 0. The van der Waals surface area contributed by atoms with Gasteiger partial charge in [-0.1, -0.05) is 0 Å². The van der Waals surface area contributed by atoms with Crippen molar-refractivity contribution in [3.8, 4) is 0 Å². The van der Waals surface area contributed by atoms with Crippen LogP contribution in [0.5, 0.6) is 0 Å². The van der Waals surface area contributed by atoms with Crippen LogP contribution in [0.2, 0.25) is 0 Å². The van der Waals surface area contributed by atoms with Gasteiger partial charge in [-0.05, 0) is 13.0 Å². The minimum Gasteiger partial charge on any atom is -0.477 e. The van der Waals surface area contributed by atoms with E-state index in [1.54, 1.807) is 6.92 Å². The average Bonchev–Trinajstić information content (AvgIpc) is 2.30. The van der Waals surface area contributed by atoms with Crippen molar-refractivity contribution in [1.82, 2.24) is 0 Å². The highest BCUT2D eigenvalue weighted by atomic mass is 32.2. The number of carbonyl (C=O) groups is 1. The fraction of sp³-hybridized carbons (Fsp3) is 0.167. The molecule has 0 aliphatic rings. The summed E-state index contributed by atoms with van der Waals surface area (Å²) in [6.07, 6.45) is 0. The lowest BCUT2D eigenvalue weighted by Crippen LogP contribution is -1.91. The monoisotopic (exact) mass is 206 g/mol. The van der Waals surface area contributed by atoms with E-state index in [1.165, 1.54) is 6.07 Å². The summed E-state index contributed by atoms with van der Waals surface area (Å²) in [6.45, 7) is 1.61. The van der Waals surface area contributed by atoms with Gasteiger partial charge in [-0.3, -0.25) is 0 Å². The van der Waals surface area contributed by atoms with Crippen LogP contribution in [0.4, 0.5) is 0 Å². The summed E-state index contributed by atoms with van der Waals surface area (Å²) in [5.41, 5.74) is 0. The van der Waals surface area contributed by atoms with Crippen LogP contribution >= 0.6 is 11.3 Å². The fourth-order valence-corrected chi connectivity index (χ4v) is 2.38. The standard InChI is InChI=1S/C6H6O4S2/c1-3-5(12(9)10)2-4(11-3)6(7)8/h2H,1H3,(H,7,8)(H,9,10). The quantitative estimate of drug-likeness (QED) is 0.716. The van der Waals surface area contributed by atoms with Crippen molar-refractivity contribution in [3.63, 3.8) is 0 Å². The molecule has 0 saturated carbocycles. The van der Waals surface area contributed by atoms with Gasteiger partial charge in [0.2, 0.25) is 0 Å². The molecule has 0 fully saturated rings. The number of rotatable bonds is 2. The average molecular weight is 206 g/mol. The molecular formula is C6H6O4S2. The van der Waals surface area contributed by atoms with Crippen molar-refractivity contribution in [1.29, 1.82) is 0 Å². The zero-order valence-corrected chi connectivity index (χ0v) is 7.74. The molecule has 0 aromatic carbocycles. The van der Waals surface area contributed by atoms with Crippen molar-refractivity contribution in [2.24, 2.45) is 0 Å². The van der Waals surface area contributed by atoms with Crippen LogP contribution < -0.4 is 0 Å². The first-order chi connectivity index (χ1) is 5.52. The molecule has 0 saturated heterocycles. The predicted molar refractivity (Wildman–Crippen MR) is 45.1 cm³/mol. The van der Waals surface area contributed by atoms with Gasteiger partial charge in [0.1, 0.15) is 4.88 Å². The van der Waals surface area contributed by atoms with Crippen LogP contribution in [0.3, 0.4) is 0 Å². The van der Waals surface area contributed by atoms with Crippen LogP contribution in [0, 0.1) is 6.92 Å². The molecule has 12 heavy (non-hydrogen) atoms. The number of thiophene rings is 1. The lowest BCUT2D eigenvalue weighted by molar-refractivity contribution is 0.0702. The number of carboxylic acids is 1. The second kappa shape index (κ2) is 3.34. The zero-order chi connectivity index (χ0) is 9.30. The van der Waals surface area contributed by atoms with Gasteiger partial charge >= 0.3 is 5.97 Å². The second-order valence-electron chi connectivity index (χ2n) is 2.09. The molecule has 66 valence electrons. The Labute approximate surface area is 75.1 Å². The van der Waals surface area contributed by atoms with Crippen LogP contribution in [0.1, 0.15) is 14.5 Å². The Morgan fingerprint density at radius 1 is 1.67 bits per heavy atom. The fourth-order valence-electron chi connectivity index (χ4n) is 0.744. The summed E-state index contributed by atoms with van der Waals surface area (Å²) < 4.78 is 19.3. The van der Waals surface area contributed by atoms with Crippen molar-refractivity contribution in [2.75, 3.05) is 0 Å². The van der Waals surface area contributed by atoms with E-state index in [2.05, 4.69) is 0 Å². The number of hydrogen-bond donors (Lipinski definition) is 2. The zero-order valence-electron chi connectivity index (χ0n) is 6.10. The largest absolute Gasteiger partial charge is 0.477 e. The highest BCUT2D eigenvalue weighted by Crippen LogP contribution is 2.23. The molecule has 1 aromatic heterocycles. The SMILES string of the molecule is Cc1sc(C(=O)O)cc1S(=O)O. The Morgan fingerprint density at radius 3 is 2.50 bits per heavy atom. The Hall–Kier alpha value is -0.720. The molecule has 1 aromatic rings. The first-order valence-corrected chi connectivity index (χ1v) is 4.89. The van der Waals surface area contributed by atoms with Gasteiger partial charge in [-0.2, -0.15) is 0 Å². The maximum Gasteiger partial charge on any atom is 0.345 e. The van der Waals surface area contributed by atoms with Crippen LogP contribution in [-0.4, -0.2) is 19.8 Å². The lowest BCUT2D eigenvalue weighted by Gasteiger charge is -1.87. The topological polar surface area (TPSA) is 74.6 Å². The van der Waals surface area contributed by atoms with E-state index >= 15 is 0 Å². The molecule has 0 radical (unpaired) electrons. The molecule has 6 heteroatoms. The van der Waals surface area contributed by atoms with Gasteiger partial charge < -0.3 is 9.66 Å². The highest BCUT2D eigenvalue weighted by Gasteiger charge is 2.13. The summed E-state index contributed by atoms with van der Waals surface area (Å²) in [6, 6.07) is 1.22. The molecule has 2 N–H and O–H groups in total. The third-order valence-corrected chi connectivity index (χ3v) is 3.24. The second-order valence-corrected chi connectivity index (χ2v) is 4.28. The molecule has 1 atom stereocenters. The maximum absolute atomic E-state index is 10.6. The van der Waals surface area contributed by atoms with Gasteiger partial charge in [0, 0.05) is 4.88 Å². The van der Waals surface area contributed by atoms with E-state index in [4.69, 9.17) is 9.66 Å². The minimum atomic E-state index is -2.09. The summed E-state index contributed by atoms with van der Waals surface area (Å²) >= 11 is -1.09. The molecular weight excluding hydrogens is 200 g/mol. The van der Waals surface area contributed by atoms with Crippen molar-refractivity contribution in [2.45, 2.75) is 11.8 Å². The maximum atomic E-state index is 10.6. The number of aryl methyl sites for hydroxylation is 1. The molecule has 1 heterocycles. The van der Waals surface area contributed by atoms with E-state index in [0.717, 1.165) is 11.3 Å². The van der Waals surface area contributed by atoms with Crippen LogP contribution in [0.25, 0.3) is 0 Å².